The highest BCUT2D eigenvalue weighted by atomic mass is 16.4. The Morgan fingerprint density at radius 3 is 2.12 bits per heavy atom. The maximum atomic E-state index is 11.2. The molecule has 0 heterocycles. The van der Waals surface area contributed by atoms with Gasteiger partial charge in [-0.15, -0.1) is 0 Å². The fourth-order valence-corrected chi connectivity index (χ4v) is 5.24. The predicted octanol–water partition coefficient (Wildman–Crippen LogP) is 2.27. The smallest absolute Gasteiger partial charge is 0.305 e. The van der Waals surface area contributed by atoms with E-state index in [1.54, 1.807) is 0 Å². The molecule has 0 atom stereocenters. The summed E-state index contributed by atoms with van der Waals surface area (Å²) in [6.07, 6.45) is 6.83. The van der Waals surface area contributed by atoms with Crippen molar-refractivity contribution >= 4 is 5.97 Å². The van der Waals surface area contributed by atoms with Crippen LogP contribution < -0.4 is 5.32 Å². The van der Waals surface area contributed by atoms with Crippen LogP contribution in [0.15, 0.2) is 0 Å². The molecular formula is C14H23NO2. The summed E-state index contributed by atoms with van der Waals surface area (Å²) in [5, 5.41) is 12.8. The SMILES string of the molecule is CCNC1(CC(=O)O)C2CC3CC(C2)CC1C3. The molecule has 4 fully saturated rings. The highest BCUT2D eigenvalue weighted by molar-refractivity contribution is 5.68. The van der Waals surface area contributed by atoms with Crippen molar-refractivity contribution in [2.75, 3.05) is 6.54 Å². The lowest BCUT2D eigenvalue weighted by atomic mass is 9.48. The van der Waals surface area contributed by atoms with Crippen LogP contribution in [0.25, 0.3) is 0 Å². The Labute approximate surface area is 103 Å². The van der Waals surface area contributed by atoms with E-state index in [0.29, 0.717) is 18.3 Å². The first-order valence-electron chi connectivity index (χ1n) is 7.11. The Balaban J connectivity index is 1.89. The molecule has 0 aliphatic heterocycles. The van der Waals surface area contributed by atoms with E-state index in [4.69, 9.17) is 0 Å². The van der Waals surface area contributed by atoms with E-state index in [9.17, 15) is 9.90 Å². The molecule has 0 unspecified atom stereocenters. The molecule has 4 bridgehead atoms. The van der Waals surface area contributed by atoms with E-state index in [-0.39, 0.29) is 5.54 Å². The second kappa shape index (κ2) is 3.98. The minimum absolute atomic E-state index is 0.0754. The first kappa shape index (κ1) is 11.5. The third-order valence-corrected chi connectivity index (χ3v) is 5.54. The summed E-state index contributed by atoms with van der Waals surface area (Å²) in [6.45, 7) is 3.00. The topological polar surface area (TPSA) is 49.3 Å². The molecule has 3 nitrogen and oxygen atoms in total. The van der Waals surface area contributed by atoms with Gasteiger partial charge < -0.3 is 10.4 Å². The monoisotopic (exact) mass is 237 g/mol. The average molecular weight is 237 g/mol. The van der Waals surface area contributed by atoms with Crippen LogP contribution in [-0.2, 0) is 4.79 Å². The van der Waals surface area contributed by atoms with Gasteiger partial charge in [0.25, 0.3) is 0 Å². The van der Waals surface area contributed by atoms with Gasteiger partial charge in [-0.1, -0.05) is 6.92 Å². The van der Waals surface area contributed by atoms with Gasteiger partial charge in [-0.25, -0.2) is 0 Å². The highest BCUT2D eigenvalue weighted by Crippen LogP contribution is 2.59. The van der Waals surface area contributed by atoms with Crippen LogP contribution in [-0.4, -0.2) is 23.2 Å². The molecule has 3 heteroatoms. The Morgan fingerprint density at radius 2 is 1.71 bits per heavy atom. The first-order chi connectivity index (χ1) is 8.14. The number of rotatable bonds is 4. The third-order valence-electron chi connectivity index (χ3n) is 5.54. The lowest BCUT2D eigenvalue weighted by Crippen LogP contribution is -2.65. The van der Waals surface area contributed by atoms with E-state index in [0.717, 1.165) is 18.4 Å². The van der Waals surface area contributed by atoms with Crippen molar-refractivity contribution in [3.05, 3.63) is 0 Å². The van der Waals surface area contributed by atoms with Crippen molar-refractivity contribution in [2.24, 2.45) is 23.7 Å². The van der Waals surface area contributed by atoms with E-state index < -0.39 is 5.97 Å². The molecule has 17 heavy (non-hydrogen) atoms. The summed E-state index contributed by atoms with van der Waals surface area (Å²) in [4.78, 5) is 11.2. The van der Waals surface area contributed by atoms with Crippen LogP contribution in [0.3, 0.4) is 0 Å². The minimum Gasteiger partial charge on any atom is -0.481 e. The lowest BCUT2D eigenvalue weighted by molar-refractivity contribution is -0.146. The highest BCUT2D eigenvalue weighted by Gasteiger charge is 2.57. The molecule has 2 N–H and O–H groups in total. The third kappa shape index (κ3) is 1.70. The first-order valence-corrected chi connectivity index (χ1v) is 7.11. The summed E-state index contributed by atoms with van der Waals surface area (Å²) in [5.41, 5.74) is -0.0754. The average Bonchev–Trinajstić information content (AvgIpc) is 2.24. The number of carbonyl (C=O) groups is 1. The zero-order valence-electron chi connectivity index (χ0n) is 10.6. The fraction of sp³-hybridized carbons (Fsp3) is 0.929. The summed E-state index contributed by atoms with van der Waals surface area (Å²) in [7, 11) is 0. The van der Waals surface area contributed by atoms with Crippen molar-refractivity contribution in [2.45, 2.75) is 51.0 Å². The standard InChI is InChI=1S/C14H23NO2/c1-2-15-14(8-13(16)17)11-4-9-3-10(6-11)7-12(14)5-9/h9-12,15H,2-8H2,1H3,(H,16,17). The number of carboxylic acids is 1. The van der Waals surface area contributed by atoms with Crippen LogP contribution in [0.5, 0.6) is 0 Å². The second-order valence-corrected chi connectivity index (χ2v) is 6.45. The van der Waals surface area contributed by atoms with Gasteiger partial charge in [-0.3, -0.25) is 4.79 Å². The van der Waals surface area contributed by atoms with Gasteiger partial charge in [0.2, 0.25) is 0 Å². The summed E-state index contributed by atoms with van der Waals surface area (Å²) < 4.78 is 0. The molecule has 4 rings (SSSR count). The maximum Gasteiger partial charge on any atom is 0.305 e. The molecule has 4 aliphatic carbocycles. The number of hydrogen-bond acceptors (Lipinski definition) is 2. The molecule has 96 valence electrons. The Kier molecular flexibility index (Phi) is 2.69. The van der Waals surface area contributed by atoms with E-state index in [1.165, 1.54) is 32.1 Å². The van der Waals surface area contributed by atoms with Crippen molar-refractivity contribution in [3.8, 4) is 0 Å². The van der Waals surface area contributed by atoms with Gasteiger partial charge in [-0.05, 0) is 62.3 Å². The molecule has 0 saturated heterocycles. The molecule has 4 saturated carbocycles. The molecule has 0 aromatic carbocycles. The zero-order chi connectivity index (χ0) is 12.0. The zero-order valence-corrected chi connectivity index (χ0v) is 10.6. The molecule has 0 spiro atoms. The van der Waals surface area contributed by atoms with Crippen molar-refractivity contribution < 1.29 is 9.90 Å². The number of nitrogens with one attached hydrogen (secondary N) is 1. The van der Waals surface area contributed by atoms with E-state index in [2.05, 4.69) is 12.2 Å². The number of hydrogen-bond donors (Lipinski definition) is 2. The van der Waals surface area contributed by atoms with Gasteiger partial charge in [0.05, 0.1) is 6.42 Å². The Morgan fingerprint density at radius 1 is 1.18 bits per heavy atom. The molecular weight excluding hydrogens is 214 g/mol. The molecule has 0 radical (unpaired) electrons. The van der Waals surface area contributed by atoms with Crippen molar-refractivity contribution in [1.29, 1.82) is 0 Å². The second-order valence-electron chi connectivity index (χ2n) is 6.45. The van der Waals surface area contributed by atoms with Crippen molar-refractivity contribution in [3.63, 3.8) is 0 Å². The number of carboxylic acid groups (broad SMARTS) is 1. The quantitative estimate of drug-likeness (QED) is 0.788. The van der Waals surface area contributed by atoms with Gasteiger partial charge >= 0.3 is 5.97 Å². The molecule has 0 aromatic rings. The van der Waals surface area contributed by atoms with Crippen LogP contribution in [0.1, 0.15) is 45.4 Å². The largest absolute Gasteiger partial charge is 0.481 e. The molecule has 0 aromatic heterocycles. The van der Waals surface area contributed by atoms with E-state index >= 15 is 0 Å². The van der Waals surface area contributed by atoms with Crippen LogP contribution in [0.2, 0.25) is 0 Å². The van der Waals surface area contributed by atoms with Gasteiger partial charge in [0.1, 0.15) is 0 Å². The fourth-order valence-electron chi connectivity index (χ4n) is 5.24. The Bertz CT molecular complexity index is 298. The molecule has 0 amide bonds. The summed E-state index contributed by atoms with van der Waals surface area (Å²) in [6, 6.07) is 0. The van der Waals surface area contributed by atoms with Gasteiger partial charge in [-0.2, -0.15) is 0 Å². The minimum atomic E-state index is -0.626. The predicted molar refractivity (Wildman–Crippen MR) is 65.7 cm³/mol. The van der Waals surface area contributed by atoms with Crippen LogP contribution in [0.4, 0.5) is 0 Å². The van der Waals surface area contributed by atoms with E-state index in [1.807, 2.05) is 0 Å². The van der Waals surface area contributed by atoms with Crippen LogP contribution in [0, 0.1) is 23.7 Å². The summed E-state index contributed by atoms with van der Waals surface area (Å²) in [5.74, 6) is 2.42. The Hall–Kier alpha value is -0.570. The van der Waals surface area contributed by atoms with Gasteiger partial charge in [0, 0.05) is 5.54 Å². The lowest BCUT2D eigenvalue weighted by Gasteiger charge is -2.61. The normalized spacial score (nSPS) is 47.4. The number of aliphatic carboxylic acids is 1. The van der Waals surface area contributed by atoms with Gasteiger partial charge in [0.15, 0.2) is 0 Å². The molecule has 4 aliphatic rings. The maximum absolute atomic E-state index is 11.2. The van der Waals surface area contributed by atoms with Crippen molar-refractivity contribution in [1.82, 2.24) is 5.32 Å². The van der Waals surface area contributed by atoms with Crippen LogP contribution >= 0.6 is 0 Å². The summed E-state index contributed by atoms with van der Waals surface area (Å²) >= 11 is 0.